The molecule has 3 N–H and O–H groups in total. The summed E-state index contributed by atoms with van der Waals surface area (Å²) in [7, 11) is -2.11. The summed E-state index contributed by atoms with van der Waals surface area (Å²) in [5, 5.41) is 15.0. The van der Waals surface area contributed by atoms with Crippen molar-refractivity contribution >= 4 is 15.9 Å². The third kappa shape index (κ3) is 7.83. The molecule has 4 atom stereocenters. The van der Waals surface area contributed by atoms with Crippen LogP contribution in [-0.2, 0) is 26.0 Å². The lowest BCUT2D eigenvalue weighted by molar-refractivity contribution is -0.134. The summed E-state index contributed by atoms with van der Waals surface area (Å²) in [5.74, 6) is 0.642. The van der Waals surface area contributed by atoms with E-state index in [-0.39, 0.29) is 28.9 Å². The summed E-state index contributed by atoms with van der Waals surface area (Å²) in [6.07, 6.45) is 7.56. The first-order valence-electron chi connectivity index (χ1n) is 16.3. The van der Waals surface area contributed by atoms with E-state index in [9.17, 15) is 18.3 Å². The van der Waals surface area contributed by atoms with Crippen LogP contribution in [0.2, 0.25) is 0 Å². The highest BCUT2D eigenvalue weighted by Gasteiger charge is 2.45. The molecule has 2 heterocycles. The molecule has 2 aliphatic heterocycles. The summed E-state index contributed by atoms with van der Waals surface area (Å²) in [4.78, 5) is 16.4. The SMILES string of the molecule is CCOCCC1(C(=O)N[C@@H](Cc2ccccc2)[C@@H](O)CN2C3CCC2CC(NS(=O)(=O)c2ccc(OC)cc2)C3)CCCC1. The third-order valence-corrected chi connectivity index (χ3v) is 11.6. The molecule has 3 aliphatic rings. The van der Waals surface area contributed by atoms with Crippen LogP contribution >= 0.6 is 0 Å². The maximum Gasteiger partial charge on any atom is 0.240 e. The molecule has 0 radical (unpaired) electrons. The monoisotopic (exact) mass is 627 g/mol. The van der Waals surface area contributed by atoms with Gasteiger partial charge in [0.25, 0.3) is 0 Å². The van der Waals surface area contributed by atoms with Gasteiger partial charge in [0, 0.05) is 37.9 Å². The number of nitrogens with one attached hydrogen (secondary N) is 2. The van der Waals surface area contributed by atoms with Crippen molar-refractivity contribution in [2.24, 2.45) is 5.41 Å². The number of aliphatic hydroxyl groups is 1. The van der Waals surface area contributed by atoms with Crippen LogP contribution in [0.5, 0.6) is 5.75 Å². The highest BCUT2D eigenvalue weighted by Crippen LogP contribution is 2.42. The summed E-state index contributed by atoms with van der Waals surface area (Å²) < 4.78 is 40.0. The number of ether oxygens (including phenoxy) is 2. The zero-order valence-corrected chi connectivity index (χ0v) is 26.9. The van der Waals surface area contributed by atoms with Gasteiger partial charge in [-0.25, -0.2) is 13.1 Å². The van der Waals surface area contributed by atoms with Gasteiger partial charge in [-0.1, -0.05) is 43.2 Å². The first-order valence-corrected chi connectivity index (χ1v) is 17.7. The molecule has 242 valence electrons. The molecule has 2 aromatic carbocycles. The van der Waals surface area contributed by atoms with E-state index >= 15 is 0 Å². The topological polar surface area (TPSA) is 117 Å². The number of hydrogen-bond acceptors (Lipinski definition) is 7. The van der Waals surface area contributed by atoms with Crippen molar-refractivity contribution in [1.82, 2.24) is 14.9 Å². The van der Waals surface area contributed by atoms with Gasteiger partial charge in [-0.15, -0.1) is 0 Å². The Labute approximate surface area is 262 Å². The van der Waals surface area contributed by atoms with Gasteiger partial charge >= 0.3 is 0 Å². The van der Waals surface area contributed by atoms with Crippen molar-refractivity contribution in [3.8, 4) is 5.75 Å². The van der Waals surface area contributed by atoms with Gasteiger partial charge in [0.15, 0.2) is 0 Å². The molecule has 1 amide bonds. The number of carbonyl (C=O) groups is 1. The molecule has 9 nitrogen and oxygen atoms in total. The van der Waals surface area contributed by atoms with Crippen LogP contribution in [0.1, 0.15) is 70.3 Å². The third-order valence-electron chi connectivity index (χ3n) is 10.0. The average Bonchev–Trinajstić information content (AvgIpc) is 3.59. The minimum atomic E-state index is -3.66. The van der Waals surface area contributed by atoms with Crippen LogP contribution in [0.25, 0.3) is 0 Å². The van der Waals surface area contributed by atoms with Gasteiger partial charge in [0.2, 0.25) is 15.9 Å². The van der Waals surface area contributed by atoms with Crippen LogP contribution in [0.3, 0.4) is 0 Å². The second kappa shape index (κ2) is 14.7. The Balaban J connectivity index is 1.24. The number of nitrogens with zero attached hydrogens (tertiary/aromatic N) is 1. The molecule has 0 spiro atoms. The Morgan fingerprint density at radius 1 is 1.05 bits per heavy atom. The molecular formula is C34H49N3O6S. The normalized spacial score (nSPS) is 24.6. The molecule has 2 unspecified atom stereocenters. The van der Waals surface area contributed by atoms with Crippen LogP contribution < -0.4 is 14.8 Å². The number of rotatable bonds is 15. The number of piperidine rings is 1. The minimum Gasteiger partial charge on any atom is -0.497 e. The number of aliphatic hydroxyl groups excluding tert-OH is 1. The Hall–Kier alpha value is -2.50. The lowest BCUT2D eigenvalue weighted by Gasteiger charge is -2.41. The zero-order chi connectivity index (χ0) is 31.2. The number of fused-ring (bicyclic) bond motifs is 2. The van der Waals surface area contributed by atoms with E-state index in [4.69, 9.17) is 9.47 Å². The van der Waals surface area contributed by atoms with Crippen molar-refractivity contribution in [3.63, 3.8) is 0 Å². The molecule has 2 saturated heterocycles. The standard InChI is InChI=1S/C34H49N3O6S/c1-3-43-20-19-34(17-7-8-18-34)33(39)35-31(21-25-9-5-4-6-10-25)32(38)24-37-27-11-12-28(37)23-26(22-27)36-44(40,41)30-15-13-29(42-2)14-16-30/h4-6,9-10,13-16,26-28,31-32,36,38H,3,7-8,11-12,17-24H2,1-2H3,(H,35,39)/t26?,27?,28?,31-,32-/m0/s1. The van der Waals surface area contributed by atoms with Crippen LogP contribution in [0, 0.1) is 5.41 Å². The van der Waals surface area contributed by atoms with Crippen molar-refractivity contribution in [3.05, 3.63) is 60.2 Å². The van der Waals surface area contributed by atoms with Gasteiger partial charge in [-0.05, 0) is 88.1 Å². The molecule has 5 rings (SSSR count). The second-order valence-electron chi connectivity index (χ2n) is 12.8. The summed E-state index contributed by atoms with van der Waals surface area (Å²) in [6, 6.07) is 16.2. The number of amides is 1. The van der Waals surface area contributed by atoms with E-state index in [1.165, 1.54) is 0 Å². The Morgan fingerprint density at radius 3 is 2.32 bits per heavy atom. The smallest absolute Gasteiger partial charge is 0.240 e. The number of sulfonamides is 1. The number of carbonyl (C=O) groups excluding carboxylic acids is 1. The highest BCUT2D eigenvalue weighted by atomic mass is 32.2. The molecular weight excluding hydrogens is 578 g/mol. The molecule has 2 bridgehead atoms. The maximum atomic E-state index is 13.9. The van der Waals surface area contributed by atoms with Gasteiger partial charge in [-0.3, -0.25) is 9.69 Å². The minimum absolute atomic E-state index is 0.0318. The summed E-state index contributed by atoms with van der Waals surface area (Å²) in [5.41, 5.74) is 0.628. The Morgan fingerprint density at radius 2 is 1.70 bits per heavy atom. The predicted molar refractivity (Wildman–Crippen MR) is 170 cm³/mol. The maximum absolute atomic E-state index is 13.9. The van der Waals surface area contributed by atoms with Gasteiger partial charge < -0.3 is 19.9 Å². The van der Waals surface area contributed by atoms with E-state index in [0.717, 1.165) is 44.1 Å². The molecule has 1 aliphatic carbocycles. The predicted octanol–water partition coefficient (Wildman–Crippen LogP) is 4.04. The van der Waals surface area contributed by atoms with Crippen molar-refractivity contribution in [2.75, 3.05) is 26.9 Å². The van der Waals surface area contributed by atoms with Gasteiger partial charge in [-0.2, -0.15) is 0 Å². The Bertz CT molecular complexity index is 1300. The van der Waals surface area contributed by atoms with Crippen LogP contribution in [0.4, 0.5) is 0 Å². The second-order valence-corrected chi connectivity index (χ2v) is 14.5. The quantitative estimate of drug-likeness (QED) is 0.255. The van der Waals surface area contributed by atoms with Gasteiger partial charge in [0.1, 0.15) is 5.75 Å². The lowest BCUT2D eigenvalue weighted by Crippen LogP contribution is -2.57. The van der Waals surface area contributed by atoms with Crippen LogP contribution in [-0.4, -0.2) is 81.5 Å². The van der Waals surface area contributed by atoms with E-state index in [1.807, 2.05) is 37.3 Å². The summed E-state index contributed by atoms with van der Waals surface area (Å²) >= 11 is 0. The lowest BCUT2D eigenvalue weighted by atomic mass is 9.81. The molecule has 44 heavy (non-hydrogen) atoms. The average molecular weight is 628 g/mol. The van der Waals surface area contributed by atoms with E-state index in [0.29, 0.717) is 51.2 Å². The fourth-order valence-corrected chi connectivity index (χ4v) is 8.84. The van der Waals surface area contributed by atoms with Crippen molar-refractivity contribution < 1.29 is 27.8 Å². The van der Waals surface area contributed by atoms with Crippen molar-refractivity contribution in [1.29, 1.82) is 0 Å². The first-order chi connectivity index (χ1) is 21.2. The van der Waals surface area contributed by atoms with Crippen LogP contribution in [0.15, 0.2) is 59.5 Å². The zero-order valence-electron chi connectivity index (χ0n) is 26.1. The number of benzene rings is 2. The van der Waals surface area contributed by atoms with E-state index in [2.05, 4.69) is 14.9 Å². The fourth-order valence-electron chi connectivity index (χ4n) is 7.58. The number of methoxy groups -OCH3 is 1. The Kier molecular flexibility index (Phi) is 11.0. The molecule has 0 aromatic heterocycles. The van der Waals surface area contributed by atoms with E-state index < -0.39 is 27.6 Å². The number of hydrogen-bond donors (Lipinski definition) is 3. The van der Waals surface area contributed by atoms with E-state index in [1.54, 1.807) is 31.4 Å². The fraction of sp³-hybridized carbons (Fsp3) is 0.618. The molecule has 10 heteroatoms. The first kappa shape index (κ1) is 32.9. The van der Waals surface area contributed by atoms with Gasteiger partial charge in [0.05, 0.1) is 29.6 Å². The molecule has 3 fully saturated rings. The molecule has 1 saturated carbocycles. The highest BCUT2D eigenvalue weighted by molar-refractivity contribution is 7.89. The summed E-state index contributed by atoms with van der Waals surface area (Å²) in [6.45, 7) is 3.61. The van der Waals surface area contributed by atoms with Crippen molar-refractivity contribution in [2.45, 2.75) is 106 Å². The molecule has 2 aromatic rings. The largest absolute Gasteiger partial charge is 0.497 e.